The van der Waals surface area contributed by atoms with Crippen molar-refractivity contribution >= 4 is 23.6 Å². The summed E-state index contributed by atoms with van der Waals surface area (Å²) in [5.41, 5.74) is 0.524. The second-order valence-electron chi connectivity index (χ2n) is 6.76. The average Bonchev–Trinajstić information content (AvgIpc) is 3.05. The number of carbonyl (C=O) groups is 3. The first kappa shape index (κ1) is 19.1. The highest BCUT2D eigenvalue weighted by Crippen LogP contribution is 2.27. The van der Waals surface area contributed by atoms with Crippen LogP contribution < -0.4 is 10.2 Å². The summed E-state index contributed by atoms with van der Waals surface area (Å²) < 4.78 is 18.1. The molecule has 1 aromatic rings. The van der Waals surface area contributed by atoms with Crippen LogP contribution in [0, 0.1) is 5.82 Å². The van der Waals surface area contributed by atoms with Crippen molar-refractivity contribution in [3.05, 3.63) is 30.1 Å². The first-order valence-corrected chi connectivity index (χ1v) is 9.29. The van der Waals surface area contributed by atoms with Gasteiger partial charge in [0.25, 0.3) is 0 Å². The van der Waals surface area contributed by atoms with E-state index in [1.54, 1.807) is 11.8 Å². The Kier molecular flexibility index (Phi) is 5.93. The van der Waals surface area contributed by atoms with Crippen molar-refractivity contribution in [1.82, 2.24) is 10.2 Å². The van der Waals surface area contributed by atoms with Crippen LogP contribution in [0.1, 0.15) is 32.6 Å². The van der Waals surface area contributed by atoms with Crippen LogP contribution in [0.2, 0.25) is 0 Å². The van der Waals surface area contributed by atoms with Crippen molar-refractivity contribution in [2.24, 2.45) is 0 Å². The molecule has 27 heavy (non-hydrogen) atoms. The van der Waals surface area contributed by atoms with Crippen molar-refractivity contribution in [1.29, 1.82) is 0 Å². The molecule has 1 aromatic carbocycles. The smallest absolute Gasteiger partial charge is 0.409 e. The minimum absolute atomic E-state index is 0.0473. The summed E-state index contributed by atoms with van der Waals surface area (Å²) in [6, 6.07) is 4.94. The van der Waals surface area contributed by atoms with Crippen molar-refractivity contribution in [3.63, 3.8) is 0 Å². The molecular weight excluding hydrogens is 353 g/mol. The van der Waals surface area contributed by atoms with E-state index in [9.17, 15) is 18.8 Å². The molecule has 1 atom stereocenters. The Morgan fingerprint density at radius 3 is 2.48 bits per heavy atom. The number of hydrogen-bond acceptors (Lipinski definition) is 4. The van der Waals surface area contributed by atoms with E-state index in [4.69, 9.17) is 4.74 Å². The zero-order chi connectivity index (χ0) is 19.4. The number of halogens is 1. The Morgan fingerprint density at radius 1 is 1.19 bits per heavy atom. The Morgan fingerprint density at radius 2 is 1.85 bits per heavy atom. The van der Waals surface area contributed by atoms with Gasteiger partial charge >= 0.3 is 6.09 Å². The summed E-state index contributed by atoms with van der Waals surface area (Å²) in [7, 11) is 0. The van der Waals surface area contributed by atoms with E-state index in [-0.39, 0.29) is 36.2 Å². The van der Waals surface area contributed by atoms with E-state index < -0.39 is 6.04 Å². The first-order chi connectivity index (χ1) is 13.0. The van der Waals surface area contributed by atoms with Crippen LogP contribution in [-0.4, -0.2) is 54.6 Å². The van der Waals surface area contributed by atoms with E-state index >= 15 is 0 Å². The summed E-state index contributed by atoms with van der Waals surface area (Å²) in [4.78, 5) is 39.8. The average molecular weight is 377 g/mol. The van der Waals surface area contributed by atoms with Crippen molar-refractivity contribution in [2.75, 3.05) is 24.6 Å². The summed E-state index contributed by atoms with van der Waals surface area (Å²) in [6.07, 6.45) is 1.68. The number of anilines is 1. The van der Waals surface area contributed by atoms with Gasteiger partial charge in [-0.2, -0.15) is 0 Å². The Balaban J connectivity index is 1.58. The van der Waals surface area contributed by atoms with E-state index in [0.29, 0.717) is 44.6 Å². The van der Waals surface area contributed by atoms with Gasteiger partial charge in [-0.05, 0) is 50.5 Å². The zero-order valence-electron chi connectivity index (χ0n) is 15.3. The number of nitrogens with zero attached hydrogens (tertiary/aromatic N) is 2. The second kappa shape index (κ2) is 8.37. The summed E-state index contributed by atoms with van der Waals surface area (Å²) >= 11 is 0. The molecule has 0 spiro atoms. The molecule has 3 amide bonds. The van der Waals surface area contributed by atoms with Gasteiger partial charge in [-0.25, -0.2) is 9.18 Å². The number of carbonyl (C=O) groups excluding carboxylic acids is 3. The Hall–Kier alpha value is -2.64. The molecular formula is C19H24FN3O4. The minimum Gasteiger partial charge on any atom is -0.450 e. The highest BCUT2D eigenvalue weighted by atomic mass is 19.1. The Bertz CT molecular complexity index is 701. The molecule has 0 radical (unpaired) electrons. The quantitative estimate of drug-likeness (QED) is 0.871. The third-order valence-corrected chi connectivity index (χ3v) is 4.99. The maximum Gasteiger partial charge on any atom is 0.409 e. The fraction of sp³-hybridized carbons (Fsp3) is 0.526. The molecule has 2 heterocycles. The number of ether oxygens (including phenoxy) is 1. The lowest BCUT2D eigenvalue weighted by atomic mass is 10.0. The highest BCUT2D eigenvalue weighted by Gasteiger charge is 2.38. The number of likely N-dealkylation sites (tertiary alicyclic amines) is 1. The topological polar surface area (TPSA) is 79.0 Å². The highest BCUT2D eigenvalue weighted by molar-refractivity contribution is 6.03. The van der Waals surface area contributed by atoms with Crippen LogP contribution in [0.5, 0.6) is 0 Å². The molecule has 2 saturated heterocycles. The second-order valence-corrected chi connectivity index (χ2v) is 6.76. The molecule has 2 aliphatic rings. The fourth-order valence-corrected chi connectivity index (χ4v) is 3.58. The van der Waals surface area contributed by atoms with E-state index in [0.717, 1.165) is 0 Å². The van der Waals surface area contributed by atoms with Gasteiger partial charge in [-0.3, -0.25) is 14.5 Å². The van der Waals surface area contributed by atoms with Gasteiger partial charge in [0.2, 0.25) is 11.8 Å². The van der Waals surface area contributed by atoms with Gasteiger partial charge in [0.05, 0.1) is 6.61 Å². The van der Waals surface area contributed by atoms with Gasteiger partial charge < -0.3 is 15.0 Å². The van der Waals surface area contributed by atoms with Crippen molar-refractivity contribution in [3.8, 4) is 0 Å². The molecule has 8 heteroatoms. The summed E-state index contributed by atoms with van der Waals surface area (Å²) in [5.74, 6) is -0.738. The Labute approximate surface area is 157 Å². The molecule has 0 aliphatic carbocycles. The van der Waals surface area contributed by atoms with Crippen LogP contribution in [0.25, 0.3) is 0 Å². The third kappa shape index (κ3) is 4.37. The maximum atomic E-state index is 13.2. The van der Waals surface area contributed by atoms with Crippen LogP contribution in [0.15, 0.2) is 24.3 Å². The number of benzene rings is 1. The molecule has 0 bridgehead atoms. The van der Waals surface area contributed by atoms with Crippen LogP contribution in [-0.2, 0) is 14.3 Å². The zero-order valence-corrected chi connectivity index (χ0v) is 15.3. The van der Waals surface area contributed by atoms with Gasteiger partial charge in [0.15, 0.2) is 0 Å². The molecule has 7 nitrogen and oxygen atoms in total. The molecule has 0 saturated carbocycles. The first-order valence-electron chi connectivity index (χ1n) is 9.29. The fourth-order valence-electron chi connectivity index (χ4n) is 3.58. The largest absolute Gasteiger partial charge is 0.450 e. The maximum absolute atomic E-state index is 13.2. The molecule has 2 fully saturated rings. The lowest BCUT2D eigenvalue weighted by molar-refractivity contribution is -0.124. The lowest BCUT2D eigenvalue weighted by Crippen LogP contribution is -2.51. The number of nitrogens with one attached hydrogen (secondary N) is 1. The van der Waals surface area contributed by atoms with Gasteiger partial charge in [0.1, 0.15) is 11.9 Å². The third-order valence-electron chi connectivity index (χ3n) is 4.99. The standard InChI is InChI=1S/C19H24FN3O4/c1-2-27-19(26)22-11-9-14(10-12-22)21-18(25)16-7-8-17(24)23(16)15-5-3-13(20)4-6-15/h3-6,14,16H,2,7-12H2,1H3,(H,21,25). The number of rotatable bonds is 4. The number of piperidine rings is 1. The molecule has 1 unspecified atom stereocenters. The molecule has 3 rings (SSSR count). The van der Waals surface area contributed by atoms with Gasteiger partial charge in [-0.15, -0.1) is 0 Å². The van der Waals surface area contributed by atoms with Crippen LogP contribution in [0.4, 0.5) is 14.9 Å². The lowest BCUT2D eigenvalue weighted by Gasteiger charge is -2.33. The van der Waals surface area contributed by atoms with E-state index in [2.05, 4.69) is 5.32 Å². The van der Waals surface area contributed by atoms with E-state index in [1.165, 1.54) is 29.2 Å². The summed E-state index contributed by atoms with van der Waals surface area (Å²) in [5, 5.41) is 3.00. The molecule has 2 aliphatic heterocycles. The van der Waals surface area contributed by atoms with Gasteiger partial charge in [-0.1, -0.05) is 0 Å². The van der Waals surface area contributed by atoms with Crippen LogP contribution in [0.3, 0.4) is 0 Å². The molecule has 1 N–H and O–H groups in total. The summed E-state index contributed by atoms with van der Waals surface area (Å²) in [6.45, 7) is 3.15. The van der Waals surface area contributed by atoms with Crippen LogP contribution >= 0.6 is 0 Å². The SMILES string of the molecule is CCOC(=O)N1CCC(NC(=O)C2CCC(=O)N2c2ccc(F)cc2)CC1. The molecule has 146 valence electrons. The van der Waals surface area contributed by atoms with E-state index in [1.807, 2.05) is 0 Å². The number of hydrogen-bond donors (Lipinski definition) is 1. The number of amides is 3. The molecule has 0 aromatic heterocycles. The van der Waals surface area contributed by atoms with Gasteiger partial charge in [0, 0.05) is 31.2 Å². The van der Waals surface area contributed by atoms with Crippen molar-refractivity contribution in [2.45, 2.75) is 44.7 Å². The van der Waals surface area contributed by atoms with Crippen molar-refractivity contribution < 1.29 is 23.5 Å². The minimum atomic E-state index is -0.592. The monoisotopic (exact) mass is 377 g/mol. The predicted molar refractivity (Wildman–Crippen MR) is 96.7 cm³/mol. The normalized spacial score (nSPS) is 20.7. The predicted octanol–water partition coefficient (Wildman–Crippen LogP) is 2.06.